The lowest BCUT2D eigenvalue weighted by molar-refractivity contribution is -1.02. The van der Waals surface area contributed by atoms with Gasteiger partial charge in [0.1, 0.15) is 26.2 Å². The van der Waals surface area contributed by atoms with Gasteiger partial charge in [-0.05, 0) is 36.4 Å². The molecule has 0 aromatic heterocycles. The molecule has 0 bridgehead atoms. The summed E-state index contributed by atoms with van der Waals surface area (Å²) < 4.78 is 0. The monoisotopic (exact) mass is 502 g/mol. The molecular weight excluding hydrogens is 479 g/mol. The van der Waals surface area contributed by atoms with Crippen molar-refractivity contribution in [1.29, 1.82) is 0 Å². The van der Waals surface area contributed by atoms with Gasteiger partial charge >= 0.3 is 0 Å². The Morgan fingerprint density at radius 2 is 1.03 bits per heavy atom. The van der Waals surface area contributed by atoms with Gasteiger partial charge in [-0.2, -0.15) is 0 Å². The van der Waals surface area contributed by atoms with E-state index in [0.29, 0.717) is 47.6 Å². The Balaban J connectivity index is 1.24. The van der Waals surface area contributed by atoms with Gasteiger partial charge < -0.3 is 9.80 Å². The number of halogens is 2. The van der Waals surface area contributed by atoms with Gasteiger partial charge in [-0.3, -0.25) is 19.2 Å². The van der Waals surface area contributed by atoms with Crippen LogP contribution in [0.15, 0.2) is 48.5 Å². The van der Waals surface area contributed by atoms with Crippen molar-refractivity contribution >= 4 is 58.2 Å². The molecule has 3 aliphatic rings. The summed E-state index contributed by atoms with van der Waals surface area (Å²) in [6.07, 6.45) is 0.304. The normalized spacial score (nSPS) is 27.7. The van der Waals surface area contributed by atoms with Crippen molar-refractivity contribution in [2.45, 2.75) is 24.9 Å². The quantitative estimate of drug-likeness (QED) is 0.564. The van der Waals surface area contributed by atoms with Crippen LogP contribution < -0.4 is 19.6 Å². The molecule has 0 saturated carbocycles. The van der Waals surface area contributed by atoms with Crippen LogP contribution >= 0.6 is 23.2 Å². The lowest BCUT2D eigenvalue weighted by Gasteiger charge is -2.34. The third-order valence-corrected chi connectivity index (χ3v) is 7.42. The van der Waals surface area contributed by atoms with Crippen LogP contribution in [-0.4, -0.2) is 61.9 Å². The summed E-state index contributed by atoms with van der Waals surface area (Å²) in [6.45, 7) is 2.55. The number of nitrogens with zero attached hydrogens (tertiary/aromatic N) is 2. The first-order chi connectivity index (χ1) is 16.3. The number of hydrogen-bond acceptors (Lipinski definition) is 4. The van der Waals surface area contributed by atoms with Crippen LogP contribution in [0.4, 0.5) is 11.4 Å². The van der Waals surface area contributed by atoms with E-state index in [1.54, 1.807) is 48.5 Å². The van der Waals surface area contributed by atoms with E-state index in [2.05, 4.69) is 0 Å². The van der Waals surface area contributed by atoms with E-state index < -0.39 is 12.1 Å². The molecule has 2 aromatic rings. The molecule has 3 heterocycles. The molecule has 0 unspecified atom stereocenters. The second-order valence-electron chi connectivity index (χ2n) is 8.92. The maximum atomic E-state index is 13.1. The fourth-order valence-corrected chi connectivity index (χ4v) is 5.63. The number of carbonyl (C=O) groups is 4. The minimum atomic E-state index is -0.447. The second-order valence-corrected chi connectivity index (χ2v) is 9.80. The molecular formula is C24H24Cl2N4O4+2. The Labute approximate surface area is 206 Å². The summed E-state index contributed by atoms with van der Waals surface area (Å²) in [4.78, 5) is 56.0. The fraction of sp³-hybridized carbons (Fsp3) is 0.333. The van der Waals surface area contributed by atoms with E-state index in [-0.39, 0.29) is 36.5 Å². The highest BCUT2D eigenvalue weighted by molar-refractivity contribution is 6.32. The standard InChI is InChI=1S/C24H22Cl2N4O4/c25-15-3-1-5-17(11-15)29-21(31)13-19(23(29)33)27-7-9-28(10-8-27)20-14-22(32)30(24(20)34)18-6-2-4-16(26)12-18/h1-6,11-12,19-20H,7-10,13-14H2/p+2/t19-,20+. The van der Waals surface area contributed by atoms with E-state index in [9.17, 15) is 19.2 Å². The molecule has 0 spiro atoms. The van der Waals surface area contributed by atoms with Crippen molar-refractivity contribution in [3.8, 4) is 0 Å². The number of imide groups is 2. The number of benzene rings is 2. The first kappa shape index (κ1) is 23.0. The van der Waals surface area contributed by atoms with Crippen molar-refractivity contribution < 1.29 is 29.0 Å². The zero-order valence-corrected chi connectivity index (χ0v) is 19.8. The summed E-state index contributed by atoms with van der Waals surface area (Å²) >= 11 is 12.1. The molecule has 0 radical (unpaired) electrons. The predicted octanol–water partition coefficient (Wildman–Crippen LogP) is -0.259. The van der Waals surface area contributed by atoms with Crippen molar-refractivity contribution in [2.75, 3.05) is 36.0 Å². The van der Waals surface area contributed by atoms with Gasteiger partial charge in [0.25, 0.3) is 11.8 Å². The first-order valence-corrected chi connectivity index (χ1v) is 12.0. The summed E-state index contributed by atoms with van der Waals surface area (Å²) in [5.74, 6) is -0.892. The largest absolute Gasteiger partial charge is 0.315 e. The zero-order valence-electron chi connectivity index (χ0n) is 18.3. The molecule has 3 aliphatic heterocycles. The van der Waals surface area contributed by atoms with E-state index in [1.807, 2.05) is 0 Å². The molecule has 3 saturated heterocycles. The SMILES string of the molecule is O=C1C[C@@H]([NH+]2CC[NH+]([C@H]3CC(=O)N(c4cccc(Cl)c4)C3=O)CC2)C(=O)N1c1cccc(Cl)c1. The van der Waals surface area contributed by atoms with E-state index >= 15 is 0 Å². The number of quaternary nitrogens is 2. The Morgan fingerprint density at radius 1 is 0.647 bits per heavy atom. The van der Waals surface area contributed by atoms with Gasteiger partial charge in [0.05, 0.1) is 24.2 Å². The number of amides is 4. The van der Waals surface area contributed by atoms with Crippen molar-refractivity contribution in [1.82, 2.24) is 0 Å². The minimum Gasteiger partial charge on any atom is -0.315 e. The Kier molecular flexibility index (Phi) is 6.16. The number of rotatable bonds is 4. The second kappa shape index (κ2) is 9.11. The number of piperazine rings is 1. The molecule has 4 amide bonds. The van der Waals surface area contributed by atoms with Crippen LogP contribution in [0.1, 0.15) is 12.8 Å². The van der Waals surface area contributed by atoms with Crippen molar-refractivity contribution in [2.24, 2.45) is 0 Å². The highest BCUT2D eigenvalue weighted by Gasteiger charge is 2.50. The maximum absolute atomic E-state index is 13.1. The Bertz CT molecular complexity index is 1090. The molecule has 176 valence electrons. The average Bonchev–Trinajstić information content (AvgIpc) is 3.28. The highest BCUT2D eigenvalue weighted by Crippen LogP contribution is 2.26. The van der Waals surface area contributed by atoms with Gasteiger partial charge in [0, 0.05) is 10.0 Å². The lowest BCUT2D eigenvalue weighted by Crippen LogP contribution is -3.31. The Morgan fingerprint density at radius 3 is 1.38 bits per heavy atom. The van der Waals surface area contributed by atoms with Crippen molar-refractivity contribution in [3.63, 3.8) is 0 Å². The van der Waals surface area contributed by atoms with Gasteiger partial charge in [-0.1, -0.05) is 35.3 Å². The molecule has 34 heavy (non-hydrogen) atoms. The fourth-order valence-electron chi connectivity index (χ4n) is 5.26. The van der Waals surface area contributed by atoms with Crippen LogP contribution in [0.25, 0.3) is 0 Å². The van der Waals surface area contributed by atoms with E-state index in [1.165, 1.54) is 9.80 Å². The van der Waals surface area contributed by atoms with Crippen LogP contribution in [0, 0.1) is 0 Å². The number of anilines is 2. The lowest BCUT2D eigenvalue weighted by atomic mass is 10.1. The minimum absolute atomic E-state index is 0.152. The topological polar surface area (TPSA) is 83.6 Å². The van der Waals surface area contributed by atoms with Crippen LogP contribution in [0.2, 0.25) is 10.0 Å². The summed E-state index contributed by atoms with van der Waals surface area (Å²) in [6, 6.07) is 12.6. The maximum Gasteiger partial charge on any atom is 0.292 e. The number of nitrogens with one attached hydrogen (secondary N) is 2. The van der Waals surface area contributed by atoms with Crippen LogP contribution in [-0.2, 0) is 19.2 Å². The van der Waals surface area contributed by atoms with Gasteiger partial charge in [0.2, 0.25) is 11.8 Å². The molecule has 0 aliphatic carbocycles. The molecule has 8 nitrogen and oxygen atoms in total. The molecule has 2 atom stereocenters. The van der Waals surface area contributed by atoms with E-state index in [0.717, 1.165) is 9.80 Å². The molecule has 10 heteroatoms. The van der Waals surface area contributed by atoms with Crippen LogP contribution in [0.3, 0.4) is 0 Å². The predicted molar refractivity (Wildman–Crippen MR) is 126 cm³/mol. The average molecular weight is 503 g/mol. The summed E-state index contributed by atoms with van der Waals surface area (Å²) in [5, 5.41) is 0.933. The smallest absolute Gasteiger partial charge is 0.292 e. The van der Waals surface area contributed by atoms with Gasteiger partial charge in [-0.25, -0.2) is 9.80 Å². The number of carbonyl (C=O) groups excluding carboxylic acids is 4. The zero-order chi connectivity index (χ0) is 24.0. The summed E-state index contributed by atoms with van der Waals surface area (Å²) in [5.41, 5.74) is 0.981. The van der Waals surface area contributed by atoms with Gasteiger partial charge in [0.15, 0.2) is 12.1 Å². The van der Waals surface area contributed by atoms with Crippen LogP contribution in [0.5, 0.6) is 0 Å². The van der Waals surface area contributed by atoms with Gasteiger partial charge in [-0.15, -0.1) is 0 Å². The Hall–Kier alpha value is -2.78. The highest BCUT2D eigenvalue weighted by atomic mass is 35.5. The molecule has 3 fully saturated rings. The molecule has 2 N–H and O–H groups in total. The third-order valence-electron chi connectivity index (χ3n) is 6.95. The van der Waals surface area contributed by atoms with E-state index in [4.69, 9.17) is 23.2 Å². The van der Waals surface area contributed by atoms with Crippen molar-refractivity contribution in [3.05, 3.63) is 58.6 Å². The summed E-state index contributed by atoms with van der Waals surface area (Å²) in [7, 11) is 0. The molecule has 2 aromatic carbocycles. The molecule has 5 rings (SSSR count). The number of hydrogen-bond donors (Lipinski definition) is 2. The third kappa shape index (κ3) is 4.11. The first-order valence-electron chi connectivity index (χ1n) is 11.3.